The van der Waals surface area contributed by atoms with E-state index in [1.807, 2.05) is 0 Å². The molecule has 0 spiro atoms. The fourth-order valence-electron chi connectivity index (χ4n) is 2.42. The number of hydrogen-bond donors (Lipinski definition) is 1. The van der Waals surface area contributed by atoms with Crippen LogP contribution in [0.5, 0.6) is 0 Å². The van der Waals surface area contributed by atoms with E-state index in [0.29, 0.717) is 5.56 Å². The zero-order valence-electron chi connectivity index (χ0n) is 15.3. The summed E-state index contributed by atoms with van der Waals surface area (Å²) < 4.78 is 14.9. The number of nitrogens with one attached hydrogen (secondary N) is 1. The highest BCUT2D eigenvalue weighted by molar-refractivity contribution is 6.13. The Labute approximate surface area is 151 Å². The largest absolute Gasteiger partial charge is 0.465 e. The van der Waals surface area contributed by atoms with Gasteiger partial charge in [0, 0.05) is 0 Å². The normalized spacial score (nSPS) is 11.0. The van der Waals surface area contributed by atoms with Crippen LogP contribution >= 0.6 is 0 Å². The summed E-state index contributed by atoms with van der Waals surface area (Å²) in [6.45, 7) is 5.10. The Morgan fingerprint density at radius 2 is 1.38 bits per heavy atom. The minimum atomic E-state index is -0.843. The molecule has 1 N–H and O–H groups in total. The van der Waals surface area contributed by atoms with Gasteiger partial charge < -0.3 is 19.2 Å². The molecular weight excluding hydrogens is 338 g/mol. The topological polar surface area (TPSA) is 94.7 Å². The van der Waals surface area contributed by atoms with Crippen molar-refractivity contribution in [2.75, 3.05) is 14.2 Å². The van der Waals surface area contributed by atoms with Crippen molar-refractivity contribution in [3.8, 4) is 11.3 Å². The summed E-state index contributed by atoms with van der Waals surface area (Å²) in [5, 5.41) is 0. The quantitative estimate of drug-likeness (QED) is 0.665. The Morgan fingerprint density at radius 3 is 1.88 bits per heavy atom. The molecule has 1 aromatic heterocycles. The monoisotopic (exact) mass is 359 g/mol. The summed E-state index contributed by atoms with van der Waals surface area (Å²) in [7, 11) is 2.36. The highest BCUT2D eigenvalue weighted by Gasteiger charge is 2.34. The molecule has 0 aliphatic rings. The lowest BCUT2D eigenvalue weighted by Gasteiger charge is -2.19. The van der Waals surface area contributed by atoms with E-state index in [0.717, 1.165) is 7.11 Å². The van der Waals surface area contributed by atoms with Crippen LogP contribution in [0, 0.1) is 0 Å². The molecule has 2 rings (SSSR count). The van der Waals surface area contributed by atoms with Crippen LogP contribution < -0.4 is 0 Å². The van der Waals surface area contributed by atoms with Gasteiger partial charge in [-0.1, -0.05) is 30.3 Å². The number of H-pyrrole nitrogens is 1. The third kappa shape index (κ3) is 3.93. The van der Waals surface area contributed by atoms with Crippen molar-refractivity contribution in [3.05, 3.63) is 47.2 Å². The molecule has 0 saturated heterocycles. The maximum atomic E-state index is 12.6. The third-order valence-corrected chi connectivity index (χ3v) is 3.44. The number of esters is 3. The van der Waals surface area contributed by atoms with Crippen LogP contribution in [-0.4, -0.2) is 42.7 Å². The second-order valence-electron chi connectivity index (χ2n) is 6.48. The Hall–Kier alpha value is -3.09. The summed E-state index contributed by atoms with van der Waals surface area (Å²) in [6, 6.07) is 8.81. The summed E-state index contributed by atoms with van der Waals surface area (Å²) in [6.07, 6.45) is 0. The van der Waals surface area contributed by atoms with Crippen LogP contribution in [0.25, 0.3) is 11.3 Å². The van der Waals surface area contributed by atoms with Crippen LogP contribution in [0.1, 0.15) is 52.0 Å². The van der Waals surface area contributed by atoms with Crippen molar-refractivity contribution < 1.29 is 28.6 Å². The highest BCUT2D eigenvalue weighted by atomic mass is 16.6. The van der Waals surface area contributed by atoms with Gasteiger partial charge >= 0.3 is 17.9 Å². The van der Waals surface area contributed by atoms with E-state index in [-0.39, 0.29) is 22.5 Å². The summed E-state index contributed by atoms with van der Waals surface area (Å²) in [5.74, 6) is -2.38. The number of aromatic amines is 1. The fraction of sp³-hybridized carbons (Fsp3) is 0.316. The van der Waals surface area contributed by atoms with E-state index >= 15 is 0 Å². The molecule has 0 saturated carbocycles. The van der Waals surface area contributed by atoms with E-state index < -0.39 is 23.5 Å². The molecule has 0 unspecified atom stereocenters. The lowest BCUT2D eigenvalue weighted by atomic mass is 10.0. The predicted octanol–water partition coefficient (Wildman–Crippen LogP) is 3.21. The molecule has 7 nitrogen and oxygen atoms in total. The minimum absolute atomic E-state index is 0.0774. The van der Waals surface area contributed by atoms with Crippen molar-refractivity contribution >= 4 is 17.9 Å². The third-order valence-electron chi connectivity index (χ3n) is 3.44. The number of carbonyl (C=O) groups excluding carboxylic acids is 3. The van der Waals surface area contributed by atoms with Gasteiger partial charge in [-0.05, 0) is 26.3 Å². The molecule has 0 aliphatic heterocycles. The Balaban J connectivity index is 2.75. The average molecular weight is 359 g/mol. The molecule has 138 valence electrons. The molecule has 0 bridgehead atoms. The van der Waals surface area contributed by atoms with E-state index in [9.17, 15) is 14.4 Å². The zero-order valence-corrected chi connectivity index (χ0v) is 15.3. The van der Waals surface area contributed by atoms with Crippen LogP contribution in [0.4, 0.5) is 0 Å². The molecule has 1 heterocycles. The number of benzene rings is 1. The number of ether oxygens (including phenoxy) is 3. The molecule has 0 aliphatic carbocycles. The number of rotatable bonds is 4. The second-order valence-corrected chi connectivity index (χ2v) is 6.48. The Morgan fingerprint density at radius 1 is 0.846 bits per heavy atom. The van der Waals surface area contributed by atoms with Crippen molar-refractivity contribution in [2.45, 2.75) is 26.4 Å². The molecule has 2 aromatic rings. The van der Waals surface area contributed by atoms with Crippen LogP contribution in [-0.2, 0) is 14.2 Å². The number of carbonyl (C=O) groups is 3. The Kier molecular flexibility index (Phi) is 5.50. The number of hydrogen-bond acceptors (Lipinski definition) is 6. The SMILES string of the molecule is COC(=O)c1c(C(=O)OC(C)(C)C)[nH]c(-c2ccccc2)c1C(=O)OC. The van der Waals surface area contributed by atoms with Gasteiger partial charge in [-0.25, -0.2) is 14.4 Å². The van der Waals surface area contributed by atoms with Crippen molar-refractivity contribution in [2.24, 2.45) is 0 Å². The smallest absolute Gasteiger partial charge is 0.356 e. The standard InChI is InChI=1S/C19H21NO6/c1-19(2,3)26-18(23)15-13(17(22)25-5)12(16(21)24-4)14(20-15)11-9-7-6-8-10-11/h6-10,20H,1-5H3. The van der Waals surface area contributed by atoms with Gasteiger partial charge in [-0.2, -0.15) is 0 Å². The first-order valence-electron chi connectivity index (χ1n) is 7.91. The van der Waals surface area contributed by atoms with Crippen LogP contribution in [0.15, 0.2) is 30.3 Å². The van der Waals surface area contributed by atoms with Crippen molar-refractivity contribution in [1.82, 2.24) is 4.98 Å². The number of aromatic nitrogens is 1. The van der Waals surface area contributed by atoms with E-state index in [4.69, 9.17) is 14.2 Å². The molecule has 1 aromatic carbocycles. The fourth-order valence-corrected chi connectivity index (χ4v) is 2.42. The first-order valence-corrected chi connectivity index (χ1v) is 7.91. The van der Waals surface area contributed by atoms with Crippen molar-refractivity contribution in [1.29, 1.82) is 0 Å². The maximum absolute atomic E-state index is 12.6. The van der Waals surface area contributed by atoms with E-state index in [2.05, 4.69) is 4.98 Å². The second kappa shape index (κ2) is 7.43. The van der Waals surface area contributed by atoms with E-state index in [1.54, 1.807) is 51.1 Å². The molecule has 7 heteroatoms. The first kappa shape index (κ1) is 19.2. The minimum Gasteiger partial charge on any atom is -0.465 e. The average Bonchev–Trinajstić information content (AvgIpc) is 3.00. The van der Waals surface area contributed by atoms with Crippen LogP contribution in [0.2, 0.25) is 0 Å². The summed E-state index contributed by atoms with van der Waals surface area (Å²) in [5.41, 5.74) is -0.357. The first-order chi connectivity index (χ1) is 12.2. The Bertz CT molecular complexity index is 830. The van der Waals surface area contributed by atoms with Crippen LogP contribution in [0.3, 0.4) is 0 Å². The van der Waals surface area contributed by atoms with Gasteiger partial charge in [0.25, 0.3) is 0 Å². The summed E-state index contributed by atoms with van der Waals surface area (Å²) in [4.78, 5) is 40.1. The zero-order chi connectivity index (χ0) is 19.5. The van der Waals surface area contributed by atoms with Gasteiger partial charge in [-0.3, -0.25) is 0 Å². The highest BCUT2D eigenvalue weighted by Crippen LogP contribution is 2.30. The number of methoxy groups -OCH3 is 2. The molecule has 26 heavy (non-hydrogen) atoms. The molecular formula is C19H21NO6. The molecule has 0 radical (unpaired) electrons. The lowest BCUT2D eigenvalue weighted by molar-refractivity contribution is 0.00594. The lowest BCUT2D eigenvalue weighted by Crippen LogP contribution is -2.25. The van der Waals surface area contributed by atoms with E-state index in [1.165, 1.54) is 7.11 Å². The van der Waals surface area contributed by atoms with Gasteiger partial charge in [0.15, 0.2) is 0 Å². The van der Waals surface area contributed by atoms with Gasteiger partial charge in [0.2, 0.25) is 0 Å². The summed E-state index contributed by atoms with van der Waals surface area (Å²) >= 11 is 0. The van der Waals surface area contributed by atoms with Crippen molar-refractivity contribution in [3.63, 3.8) is 0 Å². The molecule has 0 atom stereocenters. The van der Waals surface area contributed by atoms with Gasteiger partial charge in [0.05, 0.1) is 19.9 Å². The van der Waals surface area contributed by atoms with Gasteiger partial charge in [-0.15, -0.1) is 0 Å². The maximum Gasteiger partial charge on any atom is 0.356 e. The molecule has 0 amide bonds. The molecule has 0 fully saturated rings. The predicted molar refractivity (Wildman–Crippen MR) is 94.1 cm³/mol. The van der Waals surface area contributed by atoms with Gasteiger partial charge in [0.1, 0.15) is 22.4 Å².